The number of amides is 3. The molecule has 2 atom stereocenters. The topological polar surface area (TPSA) is 79.0 Å². The lowest BCUT2D eigenvalue weighted by Gasteiger charge is -2.38. The molecule has 3 amide bonds. The molecule has 0 spiro atoms. The first-order valence-corrected chi connectivity index (χ1v) is 10.2. The van der Waals surface area contributed by atoms with Gasteiger partial charge in [-0.2, -0.15) is 0 Å². The largest absolute Gasteiger partial charge is 0.378 e. The maximum atomic E-state index is 13.1. The minimum Gasteiger partial charge on any atom is -0.378 e. The van der Waals surface area contributed by atoms with E-state index in [2.05, 4.69) is 5.32 Å². The Morgan fingerprint density at radius 2 is 1.70 bits per heavy atom. The number of nitrogens with one attached hydrogen (secondary N) is 1. The zero-order chi connectivity index (χ0) is 20.0. The predicted octanol–water partition coefficient (Wildman–Crippen LogP) is 1.27. The van der Waals surface area contributed by atoms with Crippen LogP contribution in [-0.4, -0.2) is 73.0 Å². The minimum absolute atomic E-state index is 0.00364. The van der Waals surface area contributed by atoms with E-state index in [1.54, 1.807) is 4.90 Å². The number of nitrogens with zero attached hydrogens (tertiary/aromatic N) is 2. The van der Waals surface area contributed by atoms with Gasteiger partial charge in [0.05, 0.1) is 19.1 Å². The monoisotopic (exact) mass is 381 g/mol. The minimum atomic E-state index is -0.534. The lowest BCUT2D eigenvalue weighted by molar-refractivity contribution is -0.146. The maximum absolute atomic E-state index is 13.1. The molecule has 154 valence electrons. The van der Waals surface area contributed by atoms with Crippen molar-refractivity contribution in [2.45, 2.75) is 53.0 Å². The van der Waals surface area contributed by atoms with Crippen LogP contribution in [0.1, 0.15) is 47.0 Å². The third-order valence-electron chi connectivity index (χ3n) is 5.25. The van der Waals surface area contributed by atoms with Crippen LogP contribution in [0.15, 0.2) is 0 Å². The molecule has 7 nitrogen and oxygen atoms in total. The van der Waals surface area contributed by atoms with Gasteiger partial charge in [-0.1, -0.05) is 27.7 Å². The van der Waals surface area contributed by atoms with E-state index in [1.165, 1.54) is 0 Å². The zero-order valence-corrected chi connectivity index (χ0v) is 17.2. The second kappa shape index (κ2) is 10.1. The van der Waals surface area contributed by atoms with Gasteiger partial charge in [0.2, 0.25) is 17.7 Å². The number of rotatable bonds is 6. The summed E-state index contributed by atoms with van der Waals surface area (Å²) in [4.78, 5) is 41.7. The molecule has 2 aliphatic heterocycles. The van der Waals surface area contributed by atoms with Gasteiger partial charge in [0.25, 0.3) is 0 Å². The lowest BCUT2D eigenvalue weighted by atomic mass is 9.94. The quantitative estimate of drug-likeness (QED) is 0.752. The summed E-state index contributed by atoms with van der Waals surface area (Å²) in [6.45, 7) is 11.4. The summed E-state index contributed by atoms with van der Waals surface area (Å²) in [5.41, 5.74) is 0. The van der Waals surface area contributed by atoms with E-state index in [0.717, 1.165) is 12.8 Å². The van der Waals surface area contributed by atoms with E-state index in [0.29, 0.717) is 45.8 Å². The number of hydrogen-bond donors (Lipinski definition) is 1. The molecular formula is C20H35N3O4. The molecular weight excluding hydrogens is 346 g/mol. The van der Waals surface area contributed by atoms with Crippen molar-refractivity contribution in [1.82, 2.24) is 15.1 Å². The summed E-state index contributed by atoms with van der Waals surface area (Å²) >= 11 is 0. The lowest BCUT2D eigenvalue weighted by Crippen LogP contribution is -2.55. The standard InChI is InChI=1S/C20H35N3O4/c1-14(2)12-17(24)21-18(15(3)4)20(26)23-7-5-6-16(13-23)19(25)22-8-10-27-11-9-22/h14-16,18H,5-13H2,1-4H3,(H,21,24). The Morgan fingerprint density at radius 1 is 1.04 bits per heavy atom. The molecule has 0 aromatic heterocycles. The summed E-state index contributed by atoms with van der Waals surface area (Å²) < 4.78 is 5.32. The number of likely N-dealkylation sites (tertiary alicyclic amines) is 1. The van der Waals surface area contributed by atoms with Crippen molar-refractivity contribution >= 4 is 17.7 Å². The third-order valence-corrected chi connectivity index (χ3v) is 5.25. The average Bonchev–Trinajstić information content (AvgIpc) is 2.65. The van der Waals surface area contributed by atoms with Crippen molar-refractivity contribution in [2.75, 3.05) is 39.4 Å². The van der Waals surface area contributed by atoms with E-state index in [-0.39, 0.29) is 35.5 Å². The van der Waals surface area contributed by atoms with Gasteiger partial charge in [0.1, 0.15) is 6.04 Å². The van der Waals surface area contributed by atoms with Crippen LogP contribution in [0.3, 0.4) is 0 Å². The first-order valence-electron chi connectivity index (χ1n) is 10.2. The molecule has 0 aliphatic carbocycles. The van der Waals surface area contributed by atoms with Crippen molar-refractivity contribution in [3.63, 3.8) is 0 Å². The molecule has 7 heteroatoms. The predicted molar refractivity (Wildman–Crippen MR) is 103 cm³/mol. The van der Waals surface area contributed by atoms with Crippen molar-refractivity contribution < 1.29 is 19.1 Å². The van der Waals surface area contributed by atoms with Crippen molar-refractivity contribution in [2.24, 2.45) is 17.8 Å². The summed E-state index contributed by atoms with van der Waals surface area (Å²) in [7, 11) is 0. The smallest absolute Gasteiger partial charge is 0.245 e. The zero-order valence-electron chi connectivity index (χ0n) is 17.2. The van der Waals surface area contributed by atoms with Crippen LogP contribution < -0.4 is 5.32 Å². The average molecular weight is 382 g/mol. The summed E-state index contributed by atoms with van der Waals surface area (Å²) in [5, 5.41) is 2.91. The second-order valence-corrected chi connectivity index (χ2v) is 8.45. The third kappa shape index (κ3) is 6.19. The Balaban J connectivity index is 1.98. The highest BCUT2D eigenvalue weighted by atomic mass is 16.5. The molecule has 0 saturated carbocycles. The molecule has 0 bridgehead atoms. The number of ether oxygens (including phenoxy) is 1. The molecule has 0 radical (unpaired) electrons. The Labute approximate surface area is 162 Å². The number of hydrogen-bond acceptors (Lipinski definition) is 4. The van der Waals surface area contributed by atoms with E-state index in [9.17, 15) is 14.4 Å². The van der Waals surface area contributed by atoms with E-state index in [4.69, 9.17) is 4.74 Å². The van der Waals surface area contributed by atoms with E-state index < -0.39 is 6.04 Å². The van der Waals surface area contributed by atoms with Crippen LogP contribution >= 0.6 is 0 Å². The number of carbonyl (C=O) groups excluding carboxylic acids is 3. The van der Waals surface area contributed by atoms with Gasteiger partial charge in [-0.05, 0) is 24.7 Å². The van der Waals surface area contributed by atoms with Gasteiger partial charge in [0, 0.05) is 32.6 Å². The van der Waals surface area contributed by atoms with Crippen LogP contribution in [0.25, 0.3) is 0 Å². The van der Waals surface area contributed by atoms with Gasteiger partial charge in [-0.3, -0.25) is 14.4 Å². The van der Waals surface area contributed by atoms with Crippen molar-refractivity contribution in [3.8, 4) is 0 Å². The SMILES string of the molecule is CC(C)CC(=O)NC(C(=O)N1CCCC(C(=O)N2CCOCC2)C1)C(C)C. The van der Waals surface area contributed by atoms with Gasteiger partial charge in [0.15, 0.2) is 0 Å². The number of piperidine rings is 1. The fraction of sp³-hybridized carbons (Fsp3) is 0.850. The fourth-order valence-corrected chi connectivity index (χ4v) is 3.73. The van der Waals surface area contributed by atoms with Crippen LogP contribution in [0.2, 0.25) is 0 Å². The van der Waals surface area contributed by atoms with Crippen LogP contribution in [0, 0.1) is 17.8 Å². The summed E-state index contributed by atoms with van der Waals surface area (Å²) in [5.74, 6) is 0.0691. The normalized spacial score (nSPS) is 22.1. The number of morpholine rings is 1. The molecule has 2 fully saturated rings. The molecule has 2 heterocycles. The van der Waals surface area contributed by atoms with Crippen molar-refractivity contribution in [1.29, 1.82) is 0 Å². The van der Waals surface area contributed by atoms with Crippen LogP contribution in [0.5, 0.6) is 0 Å². The van der Waals surface area contributed by atoms with Crippen LogP contribution in [-0.2, 0) is 19.1 Å². The Bertz CT molecular complexity index is 529. The summed E-state index contributed by atoms with van der Waals surface area (Å²) in [6.07, 6.45) is 2.04. The first kappa shape index (κ1) is 21.7. The Kier molecular flexibility index (Phi) is 8.07. The first-order chi connectivity index (χ1) is 12.8. The molecule has 1 N–H and O–H groups in total. The highest BCUT2D eigenvalue weighted by Gasteiger charge is 2.35. The Morgan fingerprint density at radius 3 is 2.30 bits per heavy atom. The van der Waals surface area contributed by atoms with Crippen molar-refractivity contribution in [3.05, 3.63) is 0 Å². The van der Waals surface area contributed by atoms with Gasteiger partial charge in [-0.25, -0.2) is 0 Å². The van der Waals surface area contributed by atoms with E-state index >= 15 is 0 Å². The molecule has 2 aliphatic rings. The number of carbonyl (C=O) groups is 3. The van der Waals surface area contributed by atoms with E-state index in [1.807, 2.05) is 32.6 Å². The van der Waals surface area contributed by atoms with Gasteiger partial charge in [-0.15, -0.1) is 0 Å². The fourth-order valence-electron chi connectivity index (χ4n) is 3.73. The summed E-state index contributed by atoms with van der Waals surface area (Å²) in [6, 6.07) is -0.534. The Hall–Kier alpha value is -1.63. The highest BCUT2D eigenvalue weighted by Crippen LogP contribution is 2.21. The molecule has 0 aromatic carbocycles. The van der Waals surface area contributed by atoms with Gasteiger partial charge < -0.3 is 19.9 Å². The van der Waals surface area contributed by atoms with Crippen LogP contribution in [0.4, 0.5) is 0 Å². The van der Waals surface area contributed by atoms with Gasteiger partial charge >= 0.3 is 0 Å². The second-order valence-electron chi connectivity index (χ2n) is 8.45. The maximum Gasteiger partial charge on any atom is 0.245 e. The molecule has 27 heavy (non-hydrogen) atoms. The molecule has 2 saturated heterocycles. The molecule has 0 aromatic rings. The molecule has 2 rings (SSSR count). The highest BCUT2D eigenvalue weighted by molar-refractivity contribution is 5.88. The molecule has 2 unspecified atom stereocenters.